The van der Waals surface area contributed by atoms with Gasteiger partial charge < -0.3 is 5.32 Å². The van der Waals surface area contributed by atoms with Crippen LogP contribution in [0.1, 0.15) is 29.9 Å². The van der Waals surface area contributed by atoms with E-state index in [9.17, 15) is 13.6 Å². The van der Waals surface area contributed by atoms with E-state index >= 15 is 0 Å². The largest absolute Gasteiger partial charge is 0.342 e. The van der Waals surface area contributed by atoms with E-state index in [2.05, 4.69) is 10.3 Å². The predicted octanol–water partition coefficient (Wildman–Crippen LogP) is 3.02. The topological polar surface area (TPSA) is 42.0 Å². The molecule has 0 bridgehead atoms. The van der Waals surface area contributed by atoms with Crippen LogP contribution >= 0.6 is 0 Å². The number of halogens is 2. The number of carbonyl (C=O) groups excluding carboxylic acids is 1. The highest BCUT2D eigenvalue weighted by Crippen LogP contribution is 2.18. The molecule has 2 rings (SSSR count). The van der Waals surface area contributed by atoms with E-state index < -0.39 is 23.1 Å². The summed E-state index contributed by atoms with van der Waals surface area (Å²) >= 11 is 0. The number of nitrogens with one attached hydrogen (secondary N) is 1. The van der Waals surface area contributed by atoms with Gasteiger partial charge in [0.15, 0.2) is 11.6 Å². The Bertz CT molecular complexity index is 627. The highest BCUT2D eigenvalue weighted by atomic mass is 19.2. The summed E-state index contributed by atoms with van der Waals surface area (Å²) in [6.07, 6.45) is 1.63. The zero-order valence-corrected chi connectivity index (χ0v) is 11.2. The summed E-state index contributed by atoms with van der Waals surface area (Å²) in [6.45, 7) is 3.57. The first-order chi connectivity index (χ1) is 9.40. The van der Waals surface area contributed by atoms with Gasteiger partial charge in [0.25, 0.3) is 5.91 Å². The highest BCUT2D eigenvalue weighted by Gasteiger charge is 2.24. The lowest BCUT2D eigenvalue weighted by Gasteiger charge is -2.25. The van der Waals surface area contributed by atoms with E-state index in [4.69, 9.17) is 0 Å². The molecule has 1 amide bonds. The fourth-order valence-electron chi connectivity index (χ4n) is 1.79. The van der Waals surface area contributed by atoms with Gasteiger partial charge in [-0.25, -0.2) is 8.78 Å². The lowest BCUT2D eigenvalue weighted by atomic mass is 9.99. The number of aromatic nitrogens is 1. The second-order valence-electron chi connectivity index (χ2n) is 4.92. The van der Waals surface area contributed by atoms with Gasteiger partial charge in [0, 0.05) is 11.8 Å². The van der Waals surface area contributed by atoms with E-state index in [1.54, 1.807) is 32.2 Å². The number of nitrogens with zero attached hydrogens (tertiary/aromatic N) is 1. The molecular weight excluding hydrogens is 262 g/mol. The molecule has 0 spiro atoms. The van der Waals surface area contributed by atoms with E-state index in [1.807, 2.05) is 6.07 Å². The van der Waals surface area contributed by atoms with Gasteiger partial charge in [-0.3, -0.25) is 9.78 Å². The molecule has 0 radical (unpaired) electrons. The van der Waals surface area contributed by atoms with E-state index in [0.29, 0.717) is 5.69 Å². The summed E-state index contributed by atoms with van der Waals surface area (Å²) in [6, 6.07) is 8.41. The number of carbonyl (C=O) groups is 1. The van der Waals surface area contributed by atoms with Crippen molar-refractivity contribution in [3.05, 3.63) is 65.5 Å². The van der Waals surface area contributed by atoms with Crippen molar-refractivity contribution in [3.8, 4) is 0 Å². The normalized spacial score (nSPS) is 11.2. The van der Waals surface area contributed by atoms with Crippen LogP contribution in [0.5, 0.6) is 0 Å². The Morgan fingerprint density at radius 3 is 2.50 bits per heavy atom. The lowest BCUT2D eigenvalue weighted by molar-refractivity contribution is 0.0909. The summed E-state index contributed by atoms with van der Waals surface area (Å²) in [4.78, 5) is 16.2. The second-order valence-corrected chi connectivity index (χ2v) is 4.92. The van der Waals surface area contributed by atoms with Gasteiger partial charge in [-0.05, 0) is 44.2 Å². The van der Waals surface area contributed by atoms with Crippen molar-refractivity contribution >= 4 is 5.91 Å². The zero-order chi connectivity index (χ0) is 14.8. The first-order valence-corrected chi connectivity index (χ1v) is 6.09. The van der Waals surface area contributed by atoms with E-state index in [0.717, 1.165) is 12.1 Å². The summed E-state index contributed by atoms with van der Waals surface area (Å²) in [7, 11) is 0. The Morgan fingerprint density at radius 1 is 1.15 bits per heavy atom. The molecule has 104 valence electrons. The van der Waals surface area contributed by atoms with Gasteiger partial charge in [-0.1, -0.05) is 6.07 Å². The maximum Gasteiger partial charge on any atom is 0.252 e. The third-order valence-electron chi connectivity index (χ3n) is 2.91. The Labute approximate surface area is 115 Å². The smallest absolute Gasteiger partial charge is 0.252 e. The third kappa shape index (κ3) is 2.99. The highest BCUT2D eigenvalue weighted by molar-refractivity contribution is 5.94. The average molecular weight is 276 g/mol. The van der Waals surface area contributed by atoms with Crippen LogP contribution in [-0.4, -0.2) is 10.9 Å². The van der Waals surface area contributed by atoms with E-state index in [-0.39, 0.29) is 5.56 Å². The molecule has 1 aromatic heterocycles. The molecule has 0 saturated carbocycles. The Hall–Kier alpha value is -2.30. The monoisotopic (exact) mass is 276 g/mol. The minimum Gasteiger partial charge on any atom is -0.342 e. The molecule has 1 aromatic carbocycles. The molecule has 0 atom stereocenters. The van der Waals surface area contributed by atoms with Gasteiger partial charge in [0.1, 0.15) is 0 Å². The second kappa shape index (κ2) is 5.36. The maximum absolute atomic E-state index is 13.1. The number of rotatable bonds is 3. The van der Waals surface area contributed by atoms with Crippen LogP contribution in [0.15, 0.2) is 42.6 Å². The minimum atomic E-state index is -1.05. The van der Waals surface area contributed by atoms with Gasteiger partial charge in [-0.2, -0.15) is 0 Å². The van der Waals surface area contributed by atoms with Crippen molar-refractivity contribution in [2.24, 2.45) is 0 Å². The van der Waals surface area contributed by atoms with Crippen molar-refractivity contribution in [1.82, 2.24) is 10.3 Å². The van der Waals surface area contributed by atoms with Gasteiger partial charge in [-0.15, -0.1) is 0 Å². The first kappa shape index (κ1) is 14.1. The van der Waals surface area contributed by atoms with Gasteiger partial charge in [0.05, 0.1) is 11.2 Å². The van der Waals surface area contributed by atoms with E-state index in [1.165, 1.54) is 6.07 Å². The third-order valence-corrected chi connectivity index (χ3v) is 2.91. The number of hydrogen-bond acceptors (Lipinski definition) is 2. The quantitative estimate of drug-likeness (QED) is 0.936. The zero-order valence-electron chi connectivity index (χ0n) is 11.2. The lowest BCUT2D eigenvalue weighted by Crippen LogP contribution is -2.41. The van der Waals surface area contributed by atoms with Crippen molar-refractivity contribution in [3.63, 3.8) is 0 Å². The number of hydrogen-bond donors (Lipinski definition) is 1. The van der Waals surface area contributed by atoms with Gasteiger partial charge in [0.2, 0.25) is 0 Å². The molecule has 3 nitrogen and oxygen atoms in total. The Morgan fingerprint density at radius 2 is 1.90 bits per heavy atom. The number of benzene rings is 1. The fraction of sp³-hybridized carbons (Fsp3) is 0.200. The number of pyridine rings is 1. The summed E-state index contributed by atoms with van der Waals surface area (Å²) in [5.41, 5.74) is 0.0206. The van der Waals surface area contributed by atoms with Crippen molar-refractivity contribution < 1.29 is 13.6 Å². The molecule has 0 aliphatic heterocycles. The maximum atomic E-state index is 13.1. The van der Waals surface area contributed by atoms with Crippen molar-refractivity contribution in [2.45, 2.75) is 19.4 Å². The van der Waals surface area contributed by atoms with Gasteiger partial charge >= 0.3 is 0 Å². The van der Waals surface area contributed by atoms with Crippen LogP contribution in [0.4, 0.5) is 8.78 Å². The molecule has 1 N–H and O–H groups in total. The van der Waals surface area contributed by atoms with Crippen molar-refractivity contribution in [2.75, 3.05) is 0 Å². The summed E-state index contributed by atoms with van der Waals surface area (Å²) in [5.74, 6) is -2.52. The van der Waals surface area contributed by atoms with Crippen LogP contribution in [-0.2, 0) is 5.54 Å². The minimum absolute atomic E-state index is 0.0629. The van der Waals surface area contributed by atoms with Crippen LogP contribution in [0.3, 0.4) is 0 Å². The molecule has 0 fully saturated rings. The summed E-state index contributed by atoms with van der Waals surface area (Å²) in [5, 5.41) is 2.74. The molecule has 5 heteroatoms. The molecule has 0 aliphatic rings. The average Bonchev–Trinajstić information content (AvgIpc) is 2.42. The molecular formula is C15H14F2N2O. The molecule has 0 unspecified atom stereocenters. The van der Waals surface area contributed by atoms with Crippen molar-refractivity contribution in [1.29, 1.82) is 0 Å². The Kier molecular flexibility index (Phi) is 3.79. The van der Waals surface area contributed by atoms with Crippen LogP contribution in [0, 0.1) is 11.6 Å². The Balaban J connectivity index is 2.20. The van der Waals surface area contributed by atoms with Crippen LogP contribution in [0.2, 0.25) is 0 Å². The molecule has 20 heavy (non-hydrogen) atoms. The predicted molar refractivity (Wildman–Crippen MR) is 71.1 cm³/mol. The molecule has 0 saturated heterocycles. The SMILES string of the molecule is CC(C)(NC(=O)c1ccc(F)c(F)c1)c1ccccn1. The van der Waals surface area contributed by atoms with Crippen LogP contribution in [0.25, 0.3) is 0 Å². The standard InChI is InChI=1S/C15H14F2N2O/c1-15(2,13-5-3-4-8-18-13)19-14(20)10-6-7-11(16)12(17)9-10/h3-9H,1-2H3,(H,19,20). The molecule has 1 heterocycles. The first-order valence-electron chi connectivity index (χ1n) is 6.09. The number of amides is 1. The summed E-state index contributed by atoms with van der Waals surface area (Å²) < 4.78 is 26.0. The molecule has 0 aliphatic carbocycles. The van der Waals surface area contributed by atoms with Crippen LogP contribution < -0.4 is 5.32 Å². The fourth-order valence-corrected chi connectivity index (χ4v) is 1.79. The molecule has 2 aromatic rings.